The number of rotatable bonds is 3. The molecule has 0 unspecified atom stereocenters. The Hall–Kier alpha value is -6.32. The van der Waals surface area contributed by atoms with Crippen LogP contribution in [0.1, 0.15) is 0 Å². The van der Waals surface area contributed by atoms with Gasteiger partial charge in [-0.3, -0.25) is 0 Å². The molecule has 0 radical (unpaired) electrons. The van der Waals surface area contributed by atoms with E-state index < -0.39 is 0 Å². The first-order chi connectivity index (χ1) is 26.7. The van der Waals surface area contributed by atoms with Crippen LogP contribution < -0.4 is 0 Å². The second-order valence-electron chi connectivity index (χ2n) is 14.4. The lowest BCUT2D eigenvalue weighted by Crippen LogP contribution is -1.90. The number of fused-ring (bicyclic) bond motifs is 11. The van der Waals surface area contributed by atoms with Crippen LogP contribution in [-0.2, 0) is 0 Å². The van der Waals surface area contributed by atoms with E-state index in [1.807, 2.05) is 22.7 Å². The maximum Gasteiger partial charge on any atom is 0.0370 e. The van der Waals surface area contributed by atoms with Gasteiger partial charge in [0.1, 0.15) is 0 Å². The largest absolute Gasteiger partial charge is 0.135 e. The number of benzene rings is 10. The van der Waals surface area contributed by atoms with Crippen molar-refractivity contribution in [3.8, 4) is 33.4 Å². The lowest BCUT2D eigenvalue weighted by atomic mass is 9.85. The Balaban J connectivity index is 0.967. The van der Waals surface area contributed by atoms with E-state index >= 15 is 0 Å². The summed E-state index contributed by atoms with van der Waals surface area (Å²) in [4.78, 5) is 0. The molecule has 2 heteroatoms. The summed E-state index contributed by atoms with van der Waals surface area (Å²) in [6.07, 6.45) is 0. The Morgan fingerprint density at radius 2 is 0.759 bits per heavy atom. The summed E-state index contributed by atoms with van der Waals surface area (Å²) in [5.74, 6) is 0. The first kappa shape index (κ1) is 30.2. The van der Waals surface area contributed by atoms with Gasteiger partial charge in [0.15, 0.2) is 0 Å². The Kier molecular flexibility index (Phi) is 6.48. The molecule has 54 heavy (non-hydrogen) atoms. The molecule has 12 aromatic rings. The molecule has 0 bridgehead atoms. The highest BCUT2D eigenvalue weighted by molar-refractivity contribution is 7.28. The molecule has 0 spiro atoms. The molecule has 10 aromatic carbocycles. The molecular weight excluding hydrogens is 689 g/mol. The normalized spacial score (nSPS) is 12.1. The SMILES string of the molecule is c1ccc(-c2c3ccccc3c(-c3ccc4cc(-c5ccc6c(c5)sc5cc7sc8ccc9ccccc9c8c7cc56)ccc4c3)c3ccccc23)cc1. The summed E-state index contributed by atoms with van der Waals surface area (Å²) in [5, 5.41) is 15.7. The van der Waals surface area contributed by atoms with Gasteiger partial charge in [0.2, 0.25) is 0 Å². The van der Waals surface area contributed by atoms with Crippen LogP contribution >= 0.6 is 22.7 Å². The molecule has 0 atom stereocenters. The second-order valence-corrected chi connectivity index (χ2v) is 16.6. The van der Waals surface area contributed by atoms with Gasteiger partial charge in [-0.15, -0.1) is 22.7 Å². The van der Waals surface area contributed by atoms with Gasteiger partial charge in [0, 0.05) is 40.3 Å². The Morgan fingerprint density at radius 3 is 1.50 bits per heavy atom. The summed E-state index contributed by atoms with van der Waals surface area (Å²) >= 11 is 3.82. The highest BCUT2D eigenvalue weighted by Gasteiger charge is 2.17. The van der Waals surface area contributed by atoms with Gasteiger partial charge >= 0.3 is 0 Å². The van der Waals surface area contributed by atoms with Crippen LogP contribution in [0.5, 0.6) is 0 Å². The van der Waals surface area contributed by atoms with Crippen LogP contribution in [0.15, 0.2) is 182 Å². The van der Waals surface area contributed by atoms with E-state index in [4.69, 9.17) is 0 Å². The van der Waals surface area contributed by atoms with Gasteiger partial charge in [-0.05, 0) is 113 Å². The molecule has 250 valence electrons. The van der Waals surface area contributed by atoms with Crippen LogP contribution in [0.3, 0.4) is 0 Å². The number of thiophene rings is 2. The van der Waals surface area contributed by atoms with E-state index in [2.05, 4.69) is 182 Å². The predicted octanol–water partition coefficient (Wildman–Crippen LogP) is 16.0. The lowest BCUT2D eigenvalue weighted by Gasteiger charge is -2.18. The fourth-order valence-electron chi connectivity index (χ4n) is 8.93. The quantitative estimate of drug-likeness (QED) is 0.160. The topological polar surface area (TPSA) is 0 Å². The maximum absolute atomic E-state index is 2.45. The predicted molar refractivity (Wildman–Crippen MR) is 239 cm³/mol. The molecule has 0 aliphatic rings. The van der Waals surface area contributed by atoms with E-state index in [-0.39, 0.29) is 0 Å². The van der Waals surface area contributed by atoms with Crippen molar-refractivity contribution in [3.63, 3.8) is 0 Å². The van der Waals surface area contributed by atoms with E-state index in [9.17, 15) is 0 Å². The van der Waals surface area contributed by atoms with Crippen LogP contribution in [0.4, 0.5) is 0 Å². The molecule has 0 aliphatic carbocycles. The van der Waals surface area contributed by atoms with Gasteiger partial charge in [0.05, 0.1) is 0 Å². The van der Waals surface area contributed by atoms with E-state index in [1.54, 1.807) is 0 Å². The molecule has 0 fully saturated rings. The standard InChI is InChI=1S/C52H30S2/c1-2-11-32(12-3-1)50-40-14-6-8-16-42(40)51(43-17-9-7-15-41(43)50)37-21-20-33-26-34(18-19-35(33)27-37)36-22-24-39-44-29-45-49(30-48(44)54-47(39)28-36)53-46-25-23-31-10-4-5-13-38(31)52(45)46/h1-30H. The summed E-state index contributed by atoms with van der Waals surface area (Å²) < 4.78 is 5.41. The van der Waals surface area contributed by atoms with Crippen molar-refractivity contribution in [2.45, 2.75) is 0 Å². The molecule has 12 rings (SSSR count). The smallest absolute Gasteiger partial charge is 0.0370 e. The molecule has 0 amide bonds. The highest BCUT2D eigenvalue weighted by atomic mass is 32.1. The van der Waals surface area contributed by atoms with Crippen molar-refractivity contribution in [2.24, 2.45) is 0 Å². The summed E-state index contributed by atoms with van der Waals surface area (Å²) in [6.45, 7) is 0. The molecule has 0 nitrogen and oxygen atoms in total. The maximum atomic E-state index is 2.45. The minimum atomic E-state index is 1.25. The number of hydrogen-bond donors (Lipinski definition) is 0. The fraction of sp³-hybridized carbons (Fsp3) is 0. The molecule has 0 N–H and O–H groups in total. The zero-order chi connectivity index (χ0) is 35.3. The van der Waals surface area contributed by atoms with Gasteiger partial charge < -0.3 is 0 Å². The van der Waals surface area contributed by atoms with Gasteiger partial charge in [-0.2, -0.15) is 0 Å². The lowest BCUT2D eigenvalue weighted by molar-refractivity contribution is 1.66. The van der Waals surface area contributed by atoms with Crippen LogP contribution in [0, 0.1) is 0 Å². The Labute approximate surface area is 319 Å². The van der Waals surface area contributed by atoms with E-state index in [0.29, 0.717) is 0 Å². The number of hydrogen-bond acceptors (Lipinski definition) is 2. The Morgan fingerprint density at radius 1 is 0.241 bits per heavy atom. The van der Waals surface area contributed by atoms with Crippen molar-refractivity contribution in [2.75, 3.05) is 0 Å². The summed E-state index contributed by atoms with van der Waals surface area (Å²) in [5.41, 5.74) is 7.59. The average Bonchev–Trinajstić information content (AvgIpc) is 3.78. The van der Waals surface area contributed by atoms with E-state index in [0.717, 1.165) is 0 Å². The van der Waals surface area contributed by atoms with Crippen LogP contribution in [0.25, 0.3) is 117 Å². The van der Waals surface area contributed by atoms with Crippen molar-refractivity contribution in [1.82, 2.24) is 0 Å². The van der Waals surface area contributed by atoms with Gasteiger partial charge in [-0.1, -0.05) is 146 Å². The molecular formula is C52H30S2. The second kappa shape index (κ2) is 11.6. The zero-order valence-electron chi connectivity index (χ0n) is 29.1. The average molecular weight is 719 g/mol. The summed E-state index contributed by atoms with van der Waals surface area (Å²) in [7, 11) is 0. The first-order valence-corrected chi connectivity index (χ1v) is 20.1. The highest BCUT2D eigenvalue weighted by Crippen LogP contribution is 2.46. The monoisotopic (exact) mass is 718 g/mol. The minimum absolute atomic E-state index is 1.25. The first-order valence-electron chi connectivity index (χ1n) is 18.5. The molecule has 0 aliphatic heterocycles. The fourth-order valence-corrected chi connectivity index (χ4v) is 11.3. The van der Waals surface area contributed by atoms with Gasteiger partial charge in [0.25, 0.3) is 0 Å². The minimum Gasteiger partial charge on any atom is -0.135 e. The zero-order valence-corrected chi connectivity index (χ0v) is 30.8. The van der Waals surface area contributed by atoms with E-state index in [1.165, 1.54) is 117 Å². The Bertz CT molecular complexity index is 3430. The summed E-state index contributed by atoms with van der Waals surface area (Å²) in [6, 6.07) is 67.8. The van der Waals surface area contributed by atoms with Gasteiger partial charge in [-0.25, -0.2) is 0 Å². The molecule has 0 saturated heterocycles. The third-order valence-corrected chi connectivity index (χ3v) is 13.6. The van der Waals surface area contributed by atoms with Crippen molar-refractivity contribution < 1.29 is 0 Å². The van der Waals surface area contributed by atoms with Crippen LogP contribution in [-0.4, -0.2) is 0 Å². The molecule has 2 aromatic heterocycles. The van der Waals surface area contributed by atoms with Crippen molar-refractivity contribution in [3.05, 3.63) is 182 Å². The third kappa shape index (κ3) is 4.48. The van der Waals surface area contributed by atoms with Crippen molar-refractivity contribution in [1.29, 1.82) is 0 Å². The van der Waals surface area contributed by atoms with Crippen molar-refractivity contribution >= 4 is 106 Å². The third-order valence-electron chi connectivity index (χ3n) is 11.4. The molecule has 2 heterocycles. The molecule has 0 saturated carbocycles. The van der Waals surface area contributed by atoms with Crippen LogP contribution in [0.2, 0.25) is 0 Å².